The van der Waals surface area contributed by atoms with Crippen molar-refractivity contribution in [3.63, 3.8) is 0 Å². The maximum absolute atomic E-state index is 13.0. The Labute approximate surface area is 549 Å². The molecule has 0 bridgehead atoms. The molecule has 0 amide bonds. The first-order chi connectivity index (χ1) is 43.4. The lowest BCUT2D eigenvalue weighted by atomic mass is 10.00. The average Bonchev–Trinajstić information content (AvgIpc) is 3.43. The lowest BCUT2D eigenvalue weighted by Crippen LogP contribution is -2.30. The van der Waals surface area contributed by atoms with Crippen molar-refractivity contribution in [3.8, 4) is 0 Å². The highest BCUT2D eigenvalue weighted by molar-refractivity contribution is 7.47. The number of aliphatic hydroxyl groups is 1. The number of hydrogen-bond acceptors (Lipinski definition) is 15. The number of esters is 4. The maximum atomic E-state index is 13.0. The van der Waals surface area contributed by atoms with Crippen molar-refractivity contribution in [2.75, 3.05) is 39.6 Å². The van der Waals surface area contributed by atoms with Crippen LogP contribution in [0.25, 0.3) is 0 Å². The first-order valence-corrected chi connectivity index (χ1v) is 40.0. The fourth-order valence-electron chi connectivity index (χ4n) is 10.7. The summed E-state index contributed by atoms with van der Waals surface area (Å²) < 4.78 is 68.3. The van der Waals surface area contributed by atoms with Crippen LogP contribution in [-0.4, -0.2) is 96.7 Å². The van der Waals surface area contributed by atoms with Gasteiger partial charge in [0, 0.05) is 25.7 Å². The van der Waals surface area contributed by atoms with Gasteiger partial charge in [-0.25, -0.2) is 9.13 Å². The third kappa shape index (κ3) is 63.5. The Balaban J connectivity index is 5.23. The minimum Gasteiger partial charge on any atom is -0.462 e. The first-order valence-electron chi connectivity index (χ1n) is 37.0. The van der Waals surface area contributed by atoms with Crippen molar-refractivity contribution in [3.05, 3.63) is 0 Å². The maximum Gasteiger partial charge on any atom is 0.472 e. The number of hydrogen-bond donors (Lipinski definition) is 3. The third-order valence-electron chi connectivity index (χ3n) is 16.8. The molecule has 0 aromatic heterocycles. The molecule has 90 heavy (non-hydrogen) atoms. The van der Waals surface area contributed by atoms with Crippen molar-refractivity contribution in [1.29, 1.82) is 0 Å². The van der Waals surface area contributed by atoms with E-state index in [2.05, 4.69) is 41.5 Å². The summed E-state index contributed by atoms with van der Waals surface area (Å²) in [5.74, 6) is -0.646. The van der Waals surface area contributed by atoms with Gasteiger partial charge in [-0.05, 0) is 37.5 Å². The van der Waals surface area contributed by atoms with E-state index >= 15 is 0 Å². The van der Waals surface area contributed by atoms with Crippen molar-refractivity contribution < 1.29 is 80.2 Å². The highest BCUT2D eigenvalue weighted by Gasteiger charge is 2.30. The number of phosphoric ester groups is 2. The van der Waals surface area contributed by atoms with Gasteiger partial charge in [0.05, 0.1) is 26.4 Å². The standard InChI is InChI=1S/C71H138O17P2/c1-7-10-12-14-16-18-20-21-22-23-24-25-26-32-36-43-49-55-70(75)87-66(59-81-69(74)54-48-42-35-31-28-27-29-33-39-45-51-63(4)5)61-85-89(77,78)83-57-65(72)58-84-90(79,80)86-62-67(88-71(76)56-50-44-38-37-40-46-52-64(6)9-3)60-82-68(73)53-47-41-34-30-19-17-15-13-11-8-2/h63-67,72H,7-62H2,1-6H3,(H,77,78)(H,79,80)/t64?,65-,66-,67-/m1/s1. The summed E-state index contributed by atoms with van der Waals surface area (Å²) in [6.45, 7) is 9.50. The lowest BCUT2D eigenvalue weighted by Gasteiger charge is -2.21. The number of aliphatic hydroxyl groups excluding tert-OH is 1. The smallest absolute Gasteiger partial charge is 0.462 e. The second-order valence-electron chi connectivity index (χ2n) is 26.3. The molecule has 534 valence electrons. The highest BCUT2D eigenvalue weighted by Crippen LogP contribution is 2.45. The Morgan fingerprint density at radius 2 is 0.567 bits per heavy atom. The number of rotatable bonds is 70. The molecule has 0 radical (unpaired) electrons. The van der Waals surface area contributed by atoms with E-state index in [1.54, 1.807) is 0 Å². The topological polar surface area (TPSA) is 237 Å². The minimum atomic E-state index is -4.95. The van der Waals surface area contributed by atoms with Crippen LogP contribution in [0.2, 0.25) is 0 Å². The molecule has 19 heteroatoms. The molecule has 0 saturated carbocycles. The van der Waals surface area contributed by atoms with Crippen LogP contribution in [0, 0.1) is 11.8 Å². The molecule has 0 aliphatic heterocycles. The molecule has 0 saturated heterocycles. The van der Waals surface area contributed by atoms with E-state index in [4.69, 9.17) is 37.0 Å². The van der Waals surface area contributed by atoms with E-state index in [-0.39, 0.29) is 25.7 Å². The summed E-state index contributed by atoms with van der Waals surface area (Å²) in [4.78, 5) is 72.5. The average molecular weight is 1330 g/mol. The van der Waals surface area contributed by atoms with Crippen LogP contribution in [0.5, 0.6) is 0 Å². The van der Waals surface area contributed by atoms with Gasteiger partial charge in [0.1, 0.15) is 19.3 Å². The molecule has 0 rings (SSSR count). The van der Waals surface area contributed by atoms with E-state index in [9.17, 15) is 43.2 Å². The Morgan fingerprint density at radius 1 is 0.322 bits per heavy atom. The van der Waals surface area contributed by atoms with Crippen molar-refractivity contribution in [2.45, 2.75) is 381 Å². The molecular formula is C71H138O17P2. The number of phosphoric acid groups is 2. The van der Waals surface area contributed by atoms with Crippen molar-refractivity contribution in [1.82, 2.24) is 0 Å². The number of carbonyl (C=O) groups excluding carboxylic acids is 4. The van der Waals surface area contributed by atoms with Crippen LogP contribution in [0.15, 0.2) is 0 Å². The fraction of sp³-hybridized carbons (Fsp3) is 0.944. The summed E-state index contributed by atoms with van der Waals surface area (Å²) in [7, 11) is -9.90. The molecule has 6 atom stereocenters. The Morgan fingerprint density at radius 3 is 0.844 bits per heavy atom. The van der Waals surface area contributed by atoms with Gasteiger partial charge in [-0.15, -0.1) is 0 Å². The lowest BCUT2D eigenvalue weighted by molar-refractivity contribution is -0.161. The predicted molar refractivity (Wildman–Crippen MR) is 363 cm³/mol. The number of unbranched alkanes of at least 4 members (excludes halogenated alkanes) is 39. The Bertz CT molecular complexity index is 1750. The second-order valence-corrected chi connectivity index (χ2v) is 29.3. The largest absolute Gasteiger partial charge is 0.472 e. The molecule has 0 fully saturated rings. The molecular weight excluding hydrogens is 1190 g/mol. The van der Waals surface area contributed by atoms with Gasteiger partial charge >= 0.3 is 39.5 Å². The predicted octanol–water partition coefficient (Wildman–Crippen LogP) is 20.4. The molecule has 0 spiro atoms. The number of carbonyl (C=O) groups is 4. The monoisotopic (exact) mass is 1320 g/mol. The zero-order chi connectivity index (χ0) is 66.5. The van der Waals surface area contributed by atoms with E-state index < -0.39 is 97.5 Å². The van der Waals surface area contributed by atoms with Gasteiger partial charge in [0.25, 0.3) is 0 Å². The van der Waals surface area contributed by atoms with Crippen LogP contribution >= 0.6 is 15.6 Å². The minimum absolute atomic E-state index is 0.103. The zero-order valence-corrected chi connectivity index (χ0v) is 60.2. The molecule has 0 aliphatic rings. The first kappa shape index (κ1) is 88.1. The summed E-state index contributed by atoms with van der Waals surface area (Å²) in [6.07, 6.45) is 48.6. The molecule has 0 heterocycles. The van der Waals surface area contributed by atoms with Gasteiger partial charge in [-0.2, -0.15) is 0 Å². The van der Waals surface area contributed by atoms with Gasteiger partial charge in [0.15, 0.2) is 12.2 Å². The van der Waals surface area contributed by atoms with Crippen molar-refractivity contribution in [2.24, 2.45) is 11.8 Å². The fourth-order valence-corrected chi connectivity index (χ4v) is 12.3. The summed E-state index contributed by atoms with van der Waals surface area (Å²) in [6, 6.07) is 0. The van der Waals surface area contributed by atoms with Crippen LogP contribution in [0.1, 0.15) is 363 Å². The normalized spacial score (nSPS) is 14.4. The Hall–Kier alpha value is -1.94. The van der Waals surface area contributed by atoms with Gasteiger partial charge in [-0.1, -0.05) is 311 Å². The highest BCUT2D eigenvalue weighted by atomic mass is 31.2. The van der Waals surface area contributed by atoms with Crippen LogP contribution in [0.3, 0.4) is 0 Å². The quantitative estimate of drug-likeness (QED) is 0.0222. The summed E-state index contributed by atoms with van der Waals surface area (Å²) in [5, 5.41) is 10.6. The van der Waals surface area contributed by atoms with Gasteiger partial charge in [0.2, 0.25) is 0 Å². The molecule has 3 unspecified atom stereocenters. The Kier molecular flexibility index (Phi) is 61.8. The van der Waals surface area contributed by atoms with Gasteiger partial charge in [-0.3, -0.25) is 37.3 Å². The number of ether oxygens (including phenoxy) is 4. The second kappa shape index (κ2) is 63.1. The molecule has 17 nitrogen and oxygen atoms in total. The van der Waals surface area contributed by atoms with Crippen molar-refractivity contribution >= 4 is 39.5 Å². The molecule has 0 aromatic rings. The van der Waals surface area contributed by atoms with Crippen LogP contribution in [-0.2, 0) is 65.4 Å². The van der Waals surface area contributed by atoms with Crippen LogP contribution in [0.4, 0.5) is 0 Å². The SMILES string of the molecule is CCCCCCCCCCCCCCCCCCCC(=O)O[C@H](COC(=O)CCCCCCCCCCCCC(C)C)COP(=O)(O)OC[C@@H](O)COP(=O)(O)OC[C@@H](COC(=O)CCCCCCCCCCCC)OC(=O)CCCCCCCCC(C)CC. The van der Waals surface area contributed by atoms with E-state index in [0.29, 0.717) is 25.7 Å². The zero-order valence-electron chi connectivity index (χ0n) is 58.4. The van der Waals surface area contributed by atoms with E-state index in [1.807, 2.05) is 0 Å². The van der Waals surface area contributed by atoms with E-state index in [1.165, 1.54) is 180 Å². The molecule has 3 N–H and O–H groups in total. The van der Waals surface area contributed by atoms with E-state index in [0.717, 1.165) is 102 Å². The molecule has 0 aliphatic carbocycles. The summed E-state index contributed by atoms with van der Waals surface area (Å²) in [5.41, 5.74) is 0. The summed E-state index contributed by atoms with van der Waals surface area (Å²) >= 11 is 0. The molecule has 0 aromatic carbocycles. The van der Waals surface area contributed by atoms with Crippen LogP contribution < -0.4 is 0 Å². The third-order valence-corrected chi connectivity index (χ3v) is 18.7. The van der Waals surface area contributed by atoms with Gasteiger partial charge < -0.3 is 33.8 Å².